The van der Waals surface area contributed by atoms with Crippen molar-refractivity contribution in [3.05, 3.63) is 29.6 Å². The molecule has 1 aliphatic rings. The molecule has 0 bridgehead atoms. The number of pyridine rings is 1. The van der Waals surface area contributed by atoms with Crippen LogP contribution in [0.1, 0.15) is 62.4 Å². The molecule has 26 heavy (non-hydrogen) atoms. The van der Waals surface area contributed by atoms with E-state index in [1.165, 1.54) is 10.8 Å². The van der Waals surface area contributed by atoms with E-state index in [4.69, 9.17) is 4.74 Å². The molecule has 140 valence electrons. The quantitative estimate of drug-likeness (QED) is 0.824. The van der Waals surface area contributed by atoms with Crippen LogP contribution in [-0.4, -0.2) is 38.2 Å². The van der Waals surface area contributed by atoms with Gasteiger partial charge in [0.25, 0.3) is 0 Å². The molecule has 0 saturated heterocycles. The Bertz CT molecular complexity index is 847. The van der Waals surface area contributed by atoms with Gasteiger partial charge in [-0.15, -0.1) is 0 Å². The lowest BCUT2D eigenvalue weighted by atomic mass is 9.82. The van der Waals surface area contributed by atoms with Gasteiger partial charge in [-0.2, -0.15) is 0 Å². The highest BCUT2D eigenvalue weighted by atomic mass is 16.6. The predicted octanol–water partition coefficient (Wildman–Crippen LogP) is 3.86. The Kier molecular flexibility index (Phi) is 4.88. The summed E-state index contributed by atoms with van der Waals surface area (Å²) in [5.41, 5.74) is 1.63. The molecule has 1 saturated carbocycles. The Morgan fingerprint density at radius 1 is 1.27 bits per heavy atom. The molecule has 2 aromatic rings. The van der Waals surface area contributed by atoms with Crippen LogP contribution in [0.4, 0.5) is 4.79 Å². The van der Waals surface area contributed by atoms with Crippen LogP contribution in [0.5, 0.6) is 0 Å². The highest BCUT2D eigenvalue weighted by molar-refractivity contribution is 6.10. The predicted molar refractivity (Wildman–Crippen MR) is 98.4 cm³/mol. The summed E-state index contributed by atoms with van der Waals surface area (Å²) < 4.78 is 6.85. The third-order valence-electron chi connectivity index (χ3n) is 4.80. The number of fused-ring (bicyclic) bond motifs is 1. The van der Waals surface area contributed by atoms with Gasteiger partial charge in [-0.25, -0.2) is 9.36 Å². The van der Waals surface area contributed by atoms with E-state index in [-0.39, 0.29) is 5.78 Å². The number of carbonyl (C=O) groups excluding carboxylic acids is 2. The molecule has 0 radical (unpaired) electrons. The molecular formula is C20H26N2O4. The Hall–Kier alpha value is -2.21. The van der Waals surface area contributed by atoms with Crippen molar-refractivity contribution in [2.75, 3.05) is 0 Å². The smallest absolute Gasteiger partial charge is 0.419 e. The first kappa shape index (κ1) is 18.6. The second-order valence-corrected chi connectivity index (χ2v) is 8.04. The van der Waals surface area contributed by atoms with Crippen molar-refractivity contribution < 1.29 is 19.4 Å². The SMILES string of the molecule is Cc1ccnc2c(C(=O)[C@H]3CCCC[C@@H]3O)cn(C(=O)OC(C)(C)C)c12. The number of rotatable bonds is 2. The highest BCUT2D eigenvalue weighted by Crippen LogP contribution is 2.31. The molecule has 0 spiro atoms. The van der Waals surface area contributed by atoms with E-state index in [2.05, 4.69) is 4.98 Å². The Balaban J connectivity index is 2.08. The molecule has 0 aliphatic heterocycles. The first-order valence-electron chi connectivity index (χ1n) is 9.11. The van der Waals surface area contributed by atoms with Gasteiger partial charge in [0.15, 0.2) is 5.78 Å². The average Bonchev–Trinajstić information content (AvgIpc) is 2.94. The van der Waals surface area contributed by atoms with Crippen molar-refractivity contribution in [2.45, 2.75) is 65.1 Å². The first-order chi connectivity index (χ1) is 12.2. The molecule has 2 atom stereocenters. The van der Waals surface area contributed by atoms with Gasteiger partial charge >= 0.3 is 6.09 Å². The average molecular weight is 358 g/mol. The van der Waals surface area contributed by atoms with Crippen LogP contribution < -0.4 is 0 Å². The van der Waals surface area contributed by atoms with Gasteiger partial charge < -0.3 is 9.84 Å². The number of Topliss-reactive ketones (excluding diaryl/α,β-unsaturated/α-hetero) is 1. The number of ketones is 1. The molecular weight excluding hydrogens is 332 g/mol. The minimum atomic E-state index is -0.645. The maximum absolute atomic E-state index is 13.1. The van der Waals surface area contributed by atoms with E-state index in [1.807, 2.05) is 6.92 Å². The van der Waals surface area contributed by atoms with Gasteiger partial charge in [0.2, 0.25) is 0 Å². The number of aromatic nitrogens is 2. The van der Waals surface area contributed by atoms with Crippen molar-refractivity contribution in [1.29, 1.82) is 0 Å². The Labute approximate surface area is 153 Å². The summed E-state index contributed by atoms with van der Waals surface area (Å²) >= 11 is 0. The summed E-state index contributed by atoms with van der Waals surface area (Å²) in [6.45, 7) is 7.26. The lowest BCUT2D eigenvalue weighted by Gasteiger charge is -2.26. The van der Waals surface area contributed by atoms with Crippen molar-refractivity contribution in [3.63, 3.8) is 0 Å². The molecule has 0 aromatic carbocycles. The van der Waals surface area contributed by atoms with Crippen LogP contribution in [0.2, 0.25) is 0 Å². The highest BCUT2D eigenvalue weighted by Gasteiger charge is 2.33. The summed E-state index contributed by atoms with van der Waals surface area (Å²) in [5.74, 6) is -0.591. The van der Waals surface area contributed by atoms with Crippen LogP contribution in [-0.2, 0) is 4.74 Å². The summed E-state index contributed by atoms with van der Waals surface area (Å²) in [7, 11) is 0. The standard InChI is InChI=1S/C20H26N2O4/c1-12-9-10-21-16-14(18(24)13-7-5-6-8-15(13)23)11-22(17(12)16)19(25)26-20(2,3)4/h9-11,13,15,23H,5-8H2,1-4H3/t13-,15-/m0/s1. The van der Waals surface area contributed by atoms with Crippen LogP contribution in [0, 0.1) is 12.8 Å². The van der Waals surface area contributed by atoms with E-state index in [9.17, 15) is 14.7 Å². The fraction of sp³-hybridized carbons (Fsp3) is 0.550. The third-order valence-corrected chi connectivity index (χ3v) is 4.80. The Morgan fingerprint density at radius 3 is 2.62 bits per heavy atom. The fourth-order valence-electron chi connectivity index (χ4n) is 3.56. The molecule has 6 nitrogen and oxygen atoms in total. The number of hydrogen-bond donors (Lipinski definition) is 1. The molecule has 1 fully saturated rings. The number of nitrogens with zero attached hydrogens (tertiary/aromatic N) is 2. The van der Waals surface area contributed by atoms with Gasteiger partial charge in [-0.1, -0.05) is 12.8 Å². The van der Waals surface area contributed by atoms with E-state index < -0.39 is 23.7 Å². The van der Waals surface area contributed by atoms with E-state index in [1.54, 1.807) is 33.0 Å². The van der Waals surface area contributed by atoms with Crippen LogP contribution >= 0.6 is 0 Å². The summed E-state index contributed by atoms with van der Waals surface area (Å²) in [6.07, 6.45) is 5.11. The number of carbonyl (C=O) groups is 2. The summed E-state index contributed by atoms with van der Waals surface area (Å²) in [4.78, 5) is 30.1. The van der Waals surface area contributed by atoms with Crippen LogP contribution in [0.15, 0.2) is 18.5 Å². The van der Waals surface area contributed by atoms with Crippen molar-refractivity contribution in [3.8, 4) is 0 Å². The lowest BCUT2D eigenvalue weighted by molar-refractivity contribution is 0.0527. The molecule has 0 amide bonds. The van der Waals surface area contributed by atoms with E-state index in [0.717, 1.165) is 18.4 Å². The monoisotopic (exact) mass is 358 g/mol. The van der Waals surface area contributed by atoms with Crippen LogP contribution in [0.3, 0.4) is 0 Å². The van der Waals surface area contributed by atoms with Gasteiger partial charge in [0.05, 0.1) is 22.7 Å². The van der Waals surface area contributed by atoms with Gasteiger partial charge in [0.1, 0.15) is 5.60 Å². The minimum absolute atomic E-state index is 0.150. The number of ether oxygens (including phenoxy) is 1. The van der Waals surface area contributed by atoms with Gasteiger partial charge in [0, 0.05) is 18.3 Å². The molecule has 3 rings (SSSR count). The second-order valence-electron chi connectivity index (χ2n) is 8.04. The number of aryl methyl sites for hydroxylation is 1. The topological polar surface area (TPSA) is 81.4 Å². The van der Waals surface area contributed by atoms with E-state index >= 15 is 0 Å². The molecule has 0 unspecified atom stereocenters. The van der Waals surface area contributed by atoms with Crippen molar-refractivity contribution in [2.24, 2.45) is 5.92 Å². The first-order valence-corrected chi connectivity index (χ1v) is 9.11. The summed E-state index contributed by atoms with van der Waals surface area (Å²) in [5, 5.41) is 10.3. The van der Waals surface area contributed by atoms with Gasteiger partial charge in [-0.3, -0.25) is 9.78 Å². The number of aliphatic hydroxyl groups is 1. The van der Waals surface area contributed by atoms with Crippen molar-refractivity contribution in [1.82, 2.24) is 9.55 Å². The summed E-state index contributed by atoms with van der Waals surface area (Å²) in [6, 6.07) is 1.80. The fourth-order valence-corrected chi connectivity index (χ4v) is 3.56. The molecule has 1 aliphatic carbocycles. The molecule has 2 aromatic heterocycles. The van der Waals surface area contributed by atoms with Crippen molar-refractivity contribution >= 4 is 22.9 Å². The Morgan fingerprint density at radius 2 is 1.96 bits per heavy atom. The minimum Gasteiger partial charge on any atom is -0.443 e. The second kappa shape index (κ2) is 6.83. The van der Waals surface area contributed by atoms with Gasteiger partial charge in [-0.05, 0) is 52.2 Å². The third kappa shape index (κ3) is 3.51. The molecule has 6 heteroatoms. The zero-order chi connectivity index (χ0) is 19.1. The number of aliphatic hydroxyl groups excluding tert-OH is 1. The zero-order valence-electron chi connectivity index (χ0n) is 15.8. The number of hydrogen-bond acceptors (Lipinski definition) is 5. The molecule has 1 N–H and O–H groups in total. The van der Waals surface area contributed by atoms with Crippen LogP contribution in [0.25, 0.3) is 11.0 Å². The maximum Gasteiger partial charge on any atom is 0.419 e. The maximum atomic E-state index is 13.1. The molecule has 2 heterocycles. The largest absolute Gasteiger partial charge is 0.443 e. The lowest BCUT2D eigenvalue weighted by Crippen LogP contribution is -2.31. The zero-order valence-corrected chi connectivity index (χ0v) is 15.8. The normalized spacial score (nSPS) is 21.0. The van der Waals surface area contributed by atoms with E-state index in [0.29, 0.717) is 29.4 Å².